The van der Waals surface area contributed by atoms with Crippen LogP contribution < -0.4 is 9.80 Å². The Hall–Kier alpha value is -4.82. The number of hydrogen-bond donors (Lipinski definition) is 0. The predicted molar refractivity (Wildman–Crippen MR) is 193 cm³/mol. The average molecular weight is 587 g/mol. The van der Waals surface area contributed by atoms with Crippen molar-refractivity contribution < 1.29 is 0 Å². The molecular formula is C43H42N2. The molecule has 0 bridgehead atoms. The zero-order valence-electron chi connectivity index (χ0n) is 27.3. The molecule has 5 aromatic carbocycles. The Kier molecular flexibility index (Phi) is 7.25. The minimum atomic E-state index is -0.131. The Morgan fingerprint density at radius 3 is 1.42 bits per heavy atom. The van der Waals surface area contributed by atoms with Crippen LogP contribution in [-0.4, -0.2) is 6.04 Å². The molecule has 2 aliphatic carbocycles. The molecule has 5 aromatic rings. The van der Waals surface area contributed by atoms with E-state index in [1.54, 1.807) is 0 Å². The molecule has 0 aromatic heterocycles. The number of anilines is 5. The van der Waals surface area contributed by atoms with Crippen molar-refractivity contribution in [3.63, 3.8) is 0 Å². The Labute approximate surface area is 269 Å². The highest BCUT2D eigenvalue weighted by Crippen LogP contribution is 2.53. The standard InChI is InChI=1S/C43H42N2/c1-29-7-15-33(16-8-29)44(34-17-9-30(2)10-18-34)37-23-25-39-40-26-24-38(28-42(40)43(5,6)41(39)27-37)45(35-19-11-31(3)12-20-35)36-21-13-32(4)14-22-36/h7-23,25-28,38H,24H2,1-6H3. The maximum absolute atomic E-state index is 2.55. The minimum absolute atomic E-state index is 0.131. The van der Waals surface area contributed by atoms with E-state index in [4.69, 9.17) is 0 Å². The molecule has 0 radical (unpaired) electrons. The number of nitrogens with zero attached hydrogens (tertiary/aromatic N) is 2. The Bertz CT molecular complexity index is 1810. The van der Waals surface area contributed by atoms with E-state index in [9.17, 15) is 0 Å². The van der Waals surface area contributed by atoms with Crippen LogP contribution in [0.4, 0.5) is 28.4 Å². The van der Waals surface area contributed by atoms with E-state index in [2.05, 4.69) is 179 Å². The van der Waals surface area contributed by atoms with E-state index in [-0.39, 0.29) is 11.5 Å². The molecule has 1 unspecified atom stereocenters. The monoisotopic (exact) mass is 586 g/mol. The lowest BCUT2D eigenvalue weighted by atomic mass is 9.79. The highest BCUT2D eigenvalue weighted by atomic mass is 15.2. The molecule has 0 saturated heterocycles. The smallest absolute Gasteiger partial charge is 0.0563 e. The molecule has 7 rings (SSSR count). The van der Waals surface area contributed by atoms with E-state index < -0.39 is 0 Å². The van der Waals surface area contributed by atoms with Crippen LogP contribution >= 0.6 is 0 Å². The second-order valence-corrected chi connectivity index (χ2v) is 13.4. The first-order valence-electron chi connectivity index (χ1n) is 16.1. The second kappa shape index (κ2) is 11.3. The van der Waals surface area contributed by atoms with Gasteiger partial charge in [0.25, 0.3) is 0 Å². The number of benzene rings is 5. The summed E-state index contributed by atoms with van der Waals surface area (Å²) < 4.78 is 0. The van der Waals surface area contributed by atoms with Gasteiger partial charge in [0.05, 0.1) is 6.04 Å². The van der Waals surface area contributed by atoms with Crippen molar-refractivity contribution in [1.82, 2.24) is 0 Å². The summed E-state index contributed by atoms with van der Waals surface area (Å²) in [5.41, 5.74) is 16.5. The predicted octanol–water partition coefficient (Wildman–Crippen LogP) is 11.6. The van der Waals surface area contributed by atoms with Crippen LogP contribution in [0.2, 0.25) is 0 Å². The van der Waals surface area contributed by atoms with E-state index in [1.165, 1.54) is 73.0 Å². The van der Waals surface area contributed by atoms with Gasteiger partial charge in [-0.25, -0.2) is 0 Å². The van der Waals surface area contributed by atoms with Gasteiger partial charge in [-0.15, -0.1) is 0 Å². The molecule has 2 heteroatoms. The second-order valence-electron chi connectivity index (χ2n) is 13.4. The first-order chi connectivity index (χ1) is 21.7. The number of aryl methyl sites for hydroxylation is 4. The van der Waals surface area contributed by atoms with Crippen LogP contribution in [-0.2, 0) is 5.41 Å². The summed E-state index contributed by atoms with van der Waals surface area (Å²) in [6, 6.07) is 43.0. The van der Waals surface area contributed by atoms with Crippen molar-refractivity contribution in [2.45, 2.75) is 59.4 Å². The maximum Gasteiger partial charge on any atom is 0.0563 e. The van der Waals surface area contributed by atoms with Crippen molar-refractivity contribution in [2.75, 3.05) is 9.80 Å². The third-order valence-corrected chi connectivity index (χ3v) is 9.65. The Balaban J connectivity index is 1.30. The molecule has 224 valence electrons. The number of rotatable bonds is 6. The van der Waals surface area contributed by atoms with Gasteiger partial charge < -0.3 is 9.80 Å². The number of hydrogen-bond acceptors (Lipinski definition) is 2. The minimum Gasteiger partial charge on any atom is -0.334 e. The van der Waals surface area contributed by atoms with Crippen molar-refractivity contribution in [3.05, 3.63) is 166 Å². The molecule has 0 saturated carbocycles. The van der Waals surface area contributed by atoms with E-state index in [0.717, 1.165) is 6.42 Å². The van der Waals surface area contributed by atoms with Gasteiger partial charge in [0.15, 0.2) is 0 Å². The SMILES string of the molecule is Cc1ccc(N(c2ccc(C)cc2)c2ccc3c(c2)C(C)(C)C2=CC(N(c4ccc(C)cc4)c4ccc(C)cc4)CC=C23)cc1. The summed E-state index contributed by atoms with van der Waals surface area (Å²) >= 11 is 0. The van der Waals surface area contributed by atoms with Gasteiger partial charge in [-0.1, -0.05) is 103 Å². The first kappa shape index (κ1) is 28.9. The molecule has 2 aliphatic rings. The van der Waals surface area contributed by atoms with Crippen LogP contribution in [0.1, 0.15) is 53.6 Å². The highest BCUT2D eigenvalue weighted by molar-refractivity contribution is 5.92. The molecule has 0 N–H and O–H groups in total. The van der Waals surface area contributed by atoms with Gasteiger partial charge in [0.1, 0.15) is 0 Å². The summed E-state index contributed by atoms with van der Waals surface area (Å²) in [6.07, 6.45) is 5.99. The van der Waals surface area contributed by atoms with Crippen LogP contribution in [0.15, 0.2) is 133 Å². The topological polar surface area (TPSA) is 6.48 Å². The maximum atomic E-state index is 2.55. The molecule has 0 aliphatic heterocycles. The van der Waals surface area contributed by atoms with Crippen molar-refractivity contribution in [1.29, 1.82) is 0 Å². The molecular weight excluding hydrogens is 544 g/mol. The zero-order chi connectivity index (χ0) is 31.3. The van der Waals surface area contributed by atoms with Gasteiger partial charge >= 0.3 is 0 Å². The van der Waals surface area contributed by atoms with Gasteiger partial charge in [0.2, 0.25) is 0 Å². The Morgan fingerprint density at radius 1 is 0.533 bits per heavy atom. The third-order valence-electron chi connectivity index (χ3n) is 9.65. The van der Waals surface area contributed by atoms with Gasteiger partial charge in [0, 0.05) is 33.9 Å². The lowest BCUT2D eigenvalue weighted by molar-refractivity contribution is 0.644. The fraction of sp³-hybridized carbons (Fsp3) is 0.209. The summed E-state index contributed by atoms with van der Waals surface area (Å²) in [5, 5.41) is 0. The molecule has 0 spiro atoms. The summed E-state index contributed by atoms with van der Waals surface area (Å²) in [6.45, 7) is 13.4. The average Bonchev–Trinajstić information content (AvgIpc) is 3.26. The quantitative estimate of drug-likeness (QED) is 0.195. The molecule has 0 amide bonds. The first-order valence-corrected chi connectivity index (χ1v) is 16.1. The third kappa shape index (κ3) is 5.29. The van der Waals surface area contributed by atoms with Crippen LogP contribution in [0.3, 0.4) is 0 Å². The van der Waals surface area contributed by atoms with Crippen LogP contribution in [0.5, 0.6) is 0 Å². The van der Waals surface area contributed by atoms with Crippen molar-refractivity contribution >= 4 is 34.0 Å². The van der Waals surface area contributed by atoms with E-state index in [1.807, 2.05) is 0 Å². The summed E-state index contributed by atoms with van der Waals surface area (Å²) in [7, 11) is 0. The van der Waals surface area contributed by atoms with Gasteiger partial charge in [-0.3, -0.25) is 0 Å². The van der Waals surface area contributed by atoms with Crippen molar-refractivity contribution in [2.24, 2.45) is 0 Å². The van der Waals surface area contributed by atoms with Crippen LogP contribution in [0.25, 0.3) is 5.57 Å². The van der Waals surface area contributed by atoms with E-state index in [0.29, 0.717) is 0 Å². The number of fused-ring (bicyclic) bond motifs is 3. The largest absolute Gasteiger partial charge is 0.334 e. The highest BCUT2D eigenvalue weighted by Gasteiger charge is 2.41. The van der Waals surface area contributed by atoms with Crippen LogP contribution in [0, 0.1) is 27.7 Å². The number of allylic oxidation sites excluding steroid dienone is 2. The van der Waals surface area contributed by atoms with Gasteiger partial charge in [-0.05, 0) is 117 Å². The zero-order valence-corrected chi connectivity index (χ0v) is 27.3. The fourth-order valence-electron chi connectivity index (χ4n) is 7.02. The molecule has 0 fully saturated rings. The van der Waals surface area contributed by atoms with E-state index >= 15 is 0 Å². The summed E-state index contributed by atoms with van der Waals surface area (Å²) in [5.74, 6) is 0. The normalized spacial score (nSPS) is 16.4. The Morgan fingerprint density at radius 2 is 0.956 bits per heavy atom. The molecule has 2 nitrogen and oxygen atoms in total. The lowest BCUT2D eigenvalue weighted by Crippen LogP contribution is -2.32. The molecule has 45 heavy (non-hydrogen) atoms. The lowest BCUT2D eigenvalue weighted by Gasteiger charge is -2.36. The van der Waals surface area contributed by atoms with Crippen molar-refractivity contribution in [3.8, 4) is 0 Å². The fourth-order valence-corrected chi connectivity index (χ4v) is 7.02. The molecule has 1 atom stereocenters. The summed E-state index contributed by atoms with van der Waals surface area (Å²) in [4.78, 5) is 4.90. The molecule has 0 heterocycles. The van der Waals surface area contributed by atoms with Gasteiger partial charge in [-0.2, -0.15) is 0 Å².